The summed E-state index contributed by atoms with van der Waals surface area (Å²) >= 11 is 0. The summed E-state index contributed by atoms with van der Waals surface area (Å²) in [6, 6.07) is 0. The topological polar surface area (TPSA) is 26.3 Å². The third-order valence-electron chi connectivity index (χ3n) is 2.43. The molecular formula is C13H24O2. The third-order valence-corrected chi connectivity index (χ3v) is 2.43. The van der Waals surface area contributed by atoms with Crippen LogP contribution >= 0.6 is 0 Å². The van der Waals surface area contributed by atoms with Crippen molar-refractivity contribution < 1.29 is 9.53 Å². The van der Waals surface area contributed by atoms with Crippen LogP contribution in [-0.4, -0.2) is 11.6 Å². The van der Waals surface area contributed by atoms with E-state index in [1.165, 1.54) is 31.8 Å². The van der Waals surface area contributed by atoms with E-state index in [1.807, 2.05) is 13.8 Å². The summed E-state index contributed by atoms with van der Waals surface area (Å²) in [4.78, 5) is 11.0. The molecule has 2 heteroatoms. The fourth-order valence-corrected chi connectivity index (χ4v) is 1.52. The van der Waals surface area contributed by atoms with E-state index < -0.39 is 0 Å². The van der Waals surface area contributed by atoms with E-state index in [2.05, 4.69) is 13.5 Å². The van der Waals surface area contributed by atoms with Crippen LogP contribution < -0.4 is 0 Å². The highest BCUT2D eigenvalue weighted by molar-refractivity contribution is 5.81. The molecule has 0 aliphatic rings. The lowest BCUT2D eigenvalue weighted by molar-refractivity contribution is -0.150. The zero-order valence-electron chi connectivity index (χ0n) is 10.3. The summed E-state index contributed by atoms with van der Waals surface area (Å²) in [5.74, 6) is -0.325. The van der Waals surface area contributed by atoms with Gasteiger partial charge in [0, 0.05) is 6.08 Å². The Balaban J connectivity index is 3.64. The molecule has 0 aromatic rings. The lowest BCUT2D eigenvalue weighted by Gasteiger charge is -2.24. The van der Waals surface area contributed by atoms with Crippen LogP contribution in [0.15, 0.2) is 12.7 Å². The van der Waals surface area contributed by atoms with E-state index in [4.69, 9.17) is 4.74 Å². The Bertz CT molecular complexity index is 195. The van der Waals surface area contributed by atoms with E-state index in [0.717, 1.165) is 12.8 Å². The molecule has 15 heavy (non-hydrogen) atoms. The van der Waals surface area contributed by atoms with Crippen molar-refractivity contribution in [2.24, 2.45) is 0 Å². The minimum absolute atomic E-state index is 0.325. The van der Waals surface area contributed by atoms with E-state index >= 15 is 0 Å². The minimum atomic E-state index is -0.350. The number of rotatable bonds is 8. The van der Waals surface area contributed by atoms with Crippen molar-refractivity contribution in [1.82, 2.24) is 0 Å². The first kappa shape index (κ1) is 14.2. The van der Waals surface area contributed by atoms with Crippen molar-refractivity contribution in [3.63, 3.8) is 0 Å². The Hall–Kier alpha value is -0.790. The van der Waals surface area contributed by atoms with Crippen molar-refractivity contribution in [2.75, 3.05) is 0 Å². The molecule has 0 saturated carbocycles. The number of unbranched alkanes of at least 4 members (excludes halogenated alkanes) is 4. The summed E-state index contributed by atoms with van der Waals surface area (Å²) in [5.41, 5.74) is -0.350. The largest absolute Gasteiger partial charge is 0.457 e. The molecule has 0 aromatic carbocycles. The van der Waals surface area contributed by atoms with E-state index in [1.54, 1.807) is 0 Å². The van der Waals surface area contributed by atoms with Crippen LogP contribution in [0.25, 0.3) is 0 Å². The number of hydrogen-bond donors (Lipinski definition) is 0. The molecule has 0 aromatic heterocycles. The first-order valence-electron chi connectivity index (χ1n) is 5.87. The molecule has 0 fully saturated rings. The van der Waals surface area contributed by atoms with Crippen molar-refractivity contribution in [1.29, 1.82) is 0 Å². The lowest BCUT2D eigenvalue weighted by atomic mass is 9.99. The normalized spacial score (nSPS) is 11.1. The SMILES string of the molecule is C=CC(=O)OC(C)(C)CCCCCCC. The predicted molar refractivity (Wildman–Crippen MR) is 63.7 cm³/mol. The molecule has 0 N–H and O–H groups in total. The maximum absolute atomic E-state index is 11.0. The maximum atomic E-state index is 11.0. The van der Waals surface area contributed by atoms with Crippen LogP contribution in [0.3, 0.4) is 0 Å². The maximum Gasteiger partial charge on any atom is 0.330 e. The zero-order chi connectivity index (χ0) is 11.7. The summed E-state index contributed by atoms with van der Waals surface area (Å²) in [6.45, 7) is 9.50. The Morgan fingerprint density at radius 3 is 2.40 bits per heavy atom. The Kier molecular flexibility index (Phi) is 7.10. The van der Waals surface area contributed by atoms with Gasteiger partial charge in [-0.15, -0.1) is 0 Å². The highest BCUT2D eigenvalue weighted by Crippen LogP contribution is 2.19. The second-order valence-corrected chi connectivity index (χ2v) is 4.55. The second-order valence-electron chi connectivity index (χ2n) is 4.55. The summed E-state index contributed by atoms with van der Waals surface area (Å²) in [6.07, 6.45) is 8.33. The van der Waals surface area contributed by atoms with Gasteiger partial charge < -0.3 is 4.74 Å². The van der Waals surface area contributed by atoms with E-state index in [9.17, 15) is 4.79 Å². The number of hydrogen-bond acceptors (Lipinski definition) is 2. The minimum Gasteiger partial charge on any atom is -0.457 e. The van der Waals surface area contributed by atoms with Gasteiger partial charge in [0.25, 0.3) is 0 Å². The van der Waals surface area contributed by atoms with Gasteiger partial charge in [-0.1, -0.05) is 39.2 Å². The summed E-state index contributed by atoms with van der Waals surface area (Å²) in [7, 11) is 0. The molecule has 0 spiro atoms. The van der Waals surface area contributed by atoms with E-state index in [0.29, 0.717) is 0 Å². The second kappa shape index (κ2) is 7.49. The van der Waals surface area contributed by atoms with Gasteiger partial charge in [0.1, 0.15) is 5.60 Å². The van der Waals surface area contributed by atoms with Gasteiger partial charge in [-0.2, -0.15) is 0 Å². The molecule has 0 aliphatic heterocycles. The van der Waals surface area contributed by atoms with Crippen LogP contribution in [0, 0.1) is 0 Å². The van der Waals surface area contributed by atoms with Crippen LogP contribution in [0.4, 0.5) is 0 Å². The fourth-order valence-electron chi connectivity index (χ4n) is 1.52. The van der Waals surface area contributed by atoms with Crippen molar-refractivity contribution in [2.45, 2.75) is 64.9 Å². The van der Waals surface area contributed by atoms with Crippen molar-refractivity contribution >= 4 is 5.97 Å². The lowest BCUT2D eigenvalue weighted by Crippen LogP contribution is -2.27. The first-order valence-corrected chi connectivity index (χ1v) is 5.87. The monoisotopic (exact) mass is 212 g/mol. The number of ether oxygens (including phenoxy) is 1. The summed E-state index contributed by atoms with van der Waals surface area (Å²) < 4.78 is 5.24. The predicted octanol–water partition coefficient (Wildman–Crippen LogP) is 3.85. The highest BCUT2D eigenvalue weighted by atomic mass is 16.6. The van der Waals surface area contributed by atoms with Gasteiger partial charge in [0.15, 0.2) is 0 Å². The Morgan fingerprint density at radius 1 is 1.27 bits per heavy atom. The number of carbonyl (C=O) groups is 1. The highest BCUT2D eigenvalue weighted by Gasteiger charge is 2.20. The van der Waals surface area contributed by atoms with Crippen LogP contribution in [0.2, 0.25) is 0 Å². The molecule has 0 atom stereocenters. The molecule has 0 bridgehead atoms. The zero-order valence-corrected chi connectivity index (χ0v) is 10.3. The van der Waals surface area contributed by atoms with Crippen LogP contribution in [-0.2, 0) is 9.53 Å². The smallest absolute Gasteiger partial charge is 0.330 e. The van der Waals surface area contributed by atoms with Gasteiger partial charge in [-0.05, 0) is 26.7 Å². The van der Waals surface area contributed by atoms with Gasteiger partial charge >= 0.3 is 5.97 Å². The molecular weight excluding hydrogens is 188 g/mol. The van der Waals surface area contributed by atoms with Crippen LogP contribution in [0.1, 0.15) is 59.3 Å². The summed E-state index contributed by atoms with van der Waals surface area (Å²) in [5, 5.41) is 0. The fraction of sp³-hybridized carbons (Fsp3) is 0.769. The van der Waals surface area contributed by atoms with Crippen LogP contribution in [0.5, 0.6) is 0 Å². The molecule has 0 rings (SSSR count). The number of carbonyl (C=O) groups excluding carboxylic acids is 1. The average Bonchev–Trinajstić information content (AvgIpc) is 2.16. The molecule has 0 unspecified atom stereocenters. The third kappa shape index (κ3) is 8.22. The quantitative estimate of drug-likeness (QED) is 0.347. The first-order chi connectivity index (χ1) is 7.02. The Labute approximate surface area is 93.7 Å². The van der Waals surface area contributed by atoms with Gasteiger partial charge in [-0.25, -0.2) is 4.79 Å². The number of esters is 1. The standard InChI is InChI=1S/C13H24O2/c1-5-7-8-9-10-11-13(3,4)15-12(14)6-2/h6H,2,5,7-11H2,1,3-4H3. The molecule has 0 aliphatic carbocycles. The molecule has 2 nitrogen and oxygen atoms in total. The van der Waals surface area contributed by atoms with Gasteiger partial charge in [0.2, 0.25) is 0 Å². The van der Waals surface area contributed by atoms with Crippen molar-refractivity contribution in [3.8, 4) is 0 Å². The van der Waals surface area contributed by atoms with E-state index in [-0.39, 0.29) is 11.6 Å². The average molecular weight is 212 g/mol. The molecule has 0 amide bonds. The van der Waals surface area contributed by atoms with Gasteiger partial charge in [0.05, 0.1) is 0 Å². The Morgan fingerprint density at radius 2 is 1.87 bits per heavy atom. The molecule has 88 valence electrons. The van der Waals surface area contributed by atoms with Gasteiger partial charge in [-0.3, -0.25) is 0 Å². The molecule has 0 saturated heterocycles. The van der Waals surface area contributed by atoms with Crippen molar-refractivity contribution in [3.05, 3.63) is 12.7 Å². The molecule has 0 radical (unpaired) electrons. The molecule has 0 heterocycles.